The van der Waals surface area contributed by atoms with Gasteiger partial charge in [-0.05, 0) is 66.3 Å². The molecule has 3 atom stereocenters. The quantitative estimate of drug-likeness (QED) is 0.265. The maximum absolute atomic E-state index is 13.8. The average molecular weight is 692 g/mol. The number of methoxy groups -OCH3 is 1. The molecular weight excluding hydrogens is 646 g/mol. The van der Waals surface area contributed by atoms with Crippen LogP contribution in [0.4, 0.5) is 0 Å². The van der Waals surface area contributed by atoms with Crippen LogP contribution in [0.2, 0.25) is 0 Å². The van der Waals surface area contributed by atoms with Crippen molar-refractivity contribution >= 4 is 40.9 Å². The first-order valence-corrected chi connectivity index (χ1v) is 17.4. The van der Waals surface area contributed by atoms with Crippen LogP contribution in [-0.2, 0) is 32.0 Å². The van der Waals surface area contributed by atoms with Crippen LogP contribution in [0.5, 0.6) is 11.5 Å². The first kappa shape index (κ1) is 36.9. The number of aryl methyl sites for hydroxylation is 1. The van der Waals surface area contributed by atoms with Gasteiger partial charge in [-0.25, -0.2) is 0 Å². The van der Waals surface area contributed by atoms with Gasteiger partial charge in [0, 0.05) is 24.9 Å². The summed E-state index contributed by atoms with van der Waals surface area (Å²) in [6.07, 6.45) is 1.92. The van der Waals surface area contributed by atoms with E-state index < -0.39 is 35.8 Å². The summed E-state index contributed by atoms with van der Waals surface area (Å²) in [5.41, 5.74) is 2.15. The van der Waals surface area contributed by atoms with Gasteiger partial charge in [-0.2, -0.15) is 11.3 Å². The standard InChI is InChI=1S/C36H45N5O7S/c1-23(2)32-36(46)38-17-7-11-25-13-14-29(47-3)30(20-25)48-21-31(42)37-16-8-12-27(39-33(43)26-15-18-49-22-26)34(44)40-28(35(45)41-32)19-24-9-5-4-6-10-24/h4-6,9-10,13-15,18,20,22-23,27-28,32H,7-8,11-12,16-17,19,21H2,1-3H3,(H,37,42)(H,38,46)(H,39,43)(H,40,44)(H,41,45)/t27-,28-,32+/m0/s1. The first-order chi connectivity index (χ1) is 23.6. The van der Waals surface area contributed by atoms with Gasteiger partial charge in [-0.3, -0.25) is 24.0 Å². The van der Waals surface area contributed by atoms with Crippen molar-refractivity contribution in [1.29, 1.82) is 0 Å². The van der Waals surface area contributed by atoms with Crippen LogP contribution >= 0.6 is 11.3 Å². The second-order valence-corrected chi connectivity index (χ2v) is 13.0. The van der Waals surface area contributed by atoms with Gasteiger partial charge in [-0.1, -0.05) is 50.2 Å². The molecule has 4 rings (SSSR count). The molecule has 0 saturated carbocycles. The second kappa shape index (κ2) is 18.6. The van der Waals surface area contributed by atoms with Crippen molar-refractivity contribution in [1.82, 2.24) is 26.6 Å². The fourth-order valence-electron chi connectivity index (χ4n) is 5.36. The van der Waals surface area contributed by atoms with Crippen LogP contribution in [0.25, 0.3) is 0 Å². The Kier molecular flexibility index (Phi) is 14.0. The highest BCUT2D eigenvalue weighted by Crippen LogP contribution is 2.28. The monoisotopic (exact) mass is 691 g/mol. The Morgan fingerprint density at radius 3 is 2.45 bits per heavy atom. The molecule has 13 heteroatoms. The van der Waals surface area contributed by atoms with E-state index in [1.807, 2.05) is 56.3 Å². The summed E-state index contributed by atoms with van der Waals surface area (Å²) in [6, 6.07) is 13.5. The lowest BCUT2D eigenvalue weighted by Gasteiger charge is -2.27. The van der Waals surface area contributed by atoms with E-state index in [9.17, 15) is 24.0 Å². The van der Waals surface area contributed by atoms with Crippen LogP contribution in [0.1, 0.15) is 54.6 Å². The Balaban J connectivity index is 1.59. The zero-order valence-electron chi connectivity index (χ0n) is 28.1. The van der Waals surface area contributed by atoms with E-state index in [-0.39, 0.29) is 43.7 Å². The predicted molar refractivity (Wildman–Crippen MR) is 186 cm³/mol. The number of rotatable bonds is 6. The third-order valence-corrected chi connectivity index (χ3v) is 8.77. The van der Waals surface area contributed by atoms with Crippen LogP contribution in [0.15, 0.2) is 65.4 Å². The van der Waals surface area contributed by atoms with Gasteiger partial charge >= 0.3 is 0 Å². The van der Waals surface area contributed by atoms with E-state index in [2.05, 4.69) is 26.6 Å². The topological polar surface area (TPSA) is 164 Å². The summed E-state index contributed by atoms with van der Waals surface area (Å²) in [4.78, 5) is 66.6. The van der Waals surface area contributed by atoms with Crippen molar-refractivity contribution in [3.8, 4) is 11.5 Å². The third kappa shape index (κ3) is 11.3. The molecule has 5 N–H and O–H groups in total. The minimum Gasteiger partial charge on any atom is -0.493 e. The number of fused-ring (bicyclic) bond motifs is 2. The smallest absolute Gasteiger partial charge is 0.257 e. The molecule has 0 saturated heterocycles. The molecule has 1 aromatic heterocycles. The number of amides is 5. The minimum atomic E-state index is -1.04. The number of carbonyl (C=O) groups is 5. The molecule has 1 aliphatic rings. The van der Waals surface area contributed by atoms with E-state index in [0.29, 0.717) is 42.9 Å². The molecular formula is C36H45N5O7S. The van der Waals surface area contributed by atoms with Crippen LogP contribution in [-0.4, -0.2) is 74.5 Å². The molecule has 0 radical (unpaired) electrons. The molecule has 2 aromatic carbocycles. The van der Waals surface area contributed by atoms with Crippen LogP contribution in [0, 0.1) is 5.92 Å². The van der Waals surface area contributed by atoms with Crippen LogP contribution < -0.4 is 36.1 Å². The highest BCUT2D eigenvalue weighted by Gasteiger charge is 2.31. The van der Waals surface area contributed by atoms with Crippen molar-refractivity contribution in [2.24, 2.45) is 5.92 Å². The Labute approximate surface area is 290 Å². The fraction of sp³-hybridized carbons (Fsp3) is 0.417. The van der Waals surface area contributed by atoms with Gasteiger partial charge in [0.25, 0.3) is 11.8 Å². The molecule has 0 spiro atoms. The van der Waals surface area contributed by atoms with Crippen LogP contribution in [0.3, 0.4) is 0 Å². The highest BCUT2D eigenvalue weighted by molar-refractivity contribution is 7.08. The van der Waals surface area contributed by atoms with Gasteiger partial charge in [0.2, 0.25) is 17.7 Å². The summed E-state index contributed by atoms with van der Waals surface area (Å²) < 4.78 is 11.2. The van der Waals surface area contributed by atoms with Gasteiger partial charge in [0.1, 0.15) is 18.1 Å². The van der Waals surface area contributed by atoms with Gasteiger partial charge in [0.15, 0.2) is 18.1 Å². The zero-order chi connectivity index (χ0) is 35.2. The van der Waals surface area contributed by atoms with E-state index in [1.54, 1.807) is 22.9 Å². The minimum absolute atomic E-state index is 0.163. The summed E-state index contributed by atoms with van der Waals surface area (Å²) in [5.74, 6) is -1.55. The van der Waals surface area contributed by atoms with Crippen molar-refractivity contribution < 1.29 is 33.4 Å². The fourth-order valence-corrected chi connectivity index (χ4v) is 5.99. The molecule has 0 unspecified atom stereocenters. The number of thiophene rings is 1. The summed E-state index contributed by atoms with van der Waals surface area (Å²) in [7, 11) is 1.52. The molecule has 3 aromatic rings. The number of hydrogen-bond donors (Lipinski definition) is 5. The molecule has 2 bridgehead atoms. The number of carbonyl (C=O) groups excluding carboxylic acids is 5. The lowest BCUT2D eigenvalue weighted by Crippen LogP contribution is -2.58. The van der Waals surface area contributed by atoms with Gasteiger partial charge in [-0.15, -0.1) is 0 Å². The van der Waals surface area contributed by atoms with Crippen molar-refractivity contribution in [3.63, 3.8) is 0 Å². The maximum Gasteiger partial charge on any atom is 0.257 e. The SMILES string of the molecule is COc1ccc2cc1OCC(=O)NCCC[C@H](NC(=O)c1ccsc1)C(=O)N[C@@H](Cc1ccccc1)C(=O)N[C@H](C(C)C)C(=O)NCCC2. The molecule has 0 fully saturated rings. The summed E-state index contributed by atoms with van der Waals surface area (Å²) >= 11 is 1.35. The number of ether oxygens (including phenoxy) is 2. The first-order valence-electron chi connectivity index (χ1n) is 16.5. The Morgan fingerprint density at radius 1 is 0.959 bits per heavy atom. The molecule has 2 heterocycles. The van der Waals surface area contributed by atoms with Crippen molar-refractivity contribution in [3.05, 3.63) is 82.0 Å². The highest BCUT2D eigenvalue weighted by atomic mass is 32.1. The Bertz CT molecular complexity index is 1560. The lowest BCUT2D eigenvalue weighted by molar-refractivity contribution is -0.133. The van der Waals surface area contributed by atoms with Gasteiger partial charge < -0.3 is 36.1 Å². The number of benzene rings is 2. The van der Waals surface area contributed by atoms with E-state index in [4.69, 9.17) is 9.47 Å². The number of hydrogen-bond acceptors (Lipinski definition) is 8. The zero-order valence-corrected chi connectivity index (χ0v) is 28.9. The molecule has 0 aliphatic carbocycles. The van der Waals surface area contributed by atoms with Crippen molar-refractivity contribution in [2.45, 2.75) is 64.1 Å². The molecule has 49 heavy (non-hydrogen) atoms. The summed E-state index contributed by atoms with van der Waals surface area (Å²) in [5, 5.41) is 17.7. The molecule has 1 aliphatic heterocycles. The Morgan fingerprint density at radius 2 is 1.73 bits per heavy atom. The molecule has 12 nitrogen and oxygen atoms in total. The maximum atomic E-state index is 13.8. The van der Waals surface area contributed by atoms with E-state index in [1.165, 1.54) is 18.4 Å². The van der Waals surface area contributed by atoms with Gasteiger partial charge in [0.05, 0.1) is 12.7 Å². The normalized spacial score (nSPS) is 20.3. The van der Waals surface area contributed by atoms with Crippen molar-refractivity contribution in [2.75, 3.05) is 26.8 Å². The largest absolute Gasteiger partial charge is 0.493 e. The van der Waals surface area contributed by atoms with E-state index >= 15 is 0 Å². The second-order valence-electron chi connectivity index (χ2n) is 12.2. The Hall–Kier alpha value is -4.91. The third-order valence-electron chi connectivity index (χ3n) is 8.09. The average Bonchev–Trinajstić information content (AvgIpc) is 3.64. The molecule has 5 amide bonds. The number of nitrogens with one attached hydrogen (secondary N) is 5. The molecule has 262 valence electrons. The predicted octanol–water partition coefficient (Wildman–Crippen LogP) is 2.76. The summed E-state index contributed by atoms with van der Waals surface area (Å²) in [6.45, 7) is 4.01. The lowest BCUT2D eigenvalue weighted by atomic mass is 10.00. The van der Waals surface area contributed by atoms with E-state index in [0.717, 1.165) is 11.1 Å².